The van der Waals surface area contributed by atoms with Crippen LogP contribution in [0.15, 0.2) is 42.5 Å². The Labute approximate surface area is 190 Å². The minimum Gasteiger partial charge on any atom is -0.442 e. The molecule has 7 nitrogen and oxygen atoms in total. The van der Waals surface area contributed by atoms with Crippen LogP contribution in [0, 0.1) is 5.82 Å². The van der Waals surface area contributed by atoms with E-state index in [4.69, 9.17) is 34.3 Å². The third-order valence-electron chi connectivity index (χ3n) is 5.43. The molecule has 3 N–H and O–H groups in total. The molecule has 2 saturated heterocycles. The number of carbonyl (C=O) groups excluding carboxylic acids is 1. The van der Waals surface area contributed by atoms with Gasteiger partial charge in [0.1, 0.15) is 11.9 Å². The molecule has 0 unspecified atom stereocenters. The van der Waals surface area contributed by atoms with Crippen molar-refractivity contribution in [3.05, 3.63) is 53.3 Å². The van der Waals surface area contributed by atoms with Crippen LogP contribution < -0.4 is 25.8 Å². The van der Waals surface area contributed by atoms with Crippen LogP contribution in [0.4, 0.5) is 26.2 Å². The first-order chi connectivity index (χ1) is 14.9. The second-order valence-electron chi connectivity index (χ2n) is 7.45. The van der Waals surface area contributed by atoms with Crippen molar-refractivity contribution in [2.75, 3.05) is 54.0 Å². The van der Waals surface area contributed by atoms with E-state index in [1.165, 1.54) is 11.0 Å². The van der Waals surface area contributed by atoms with E-state index in [0.717, 1.165) is 18.8 Å². The number of benzene rings is 2. The first-order valence-corrected chi connectivity index (χ1v) is 10.8. The van der Waals surface area contributed by atoms with Crippen LogP contribution in [-0.4, -0.2) is 56.6 Å². The highest BCUT2D eigenvalue weighted by Gasteiger charge is 2.33. The average Bonchev–Trinajstić information content (AvgIpc) is 3.13. The summed E-state index contributed by atoms with van der Waals surface area (Å²) in [4.78, 5) is 17.9. The van der Waals surface area contributed by atoms with Gasteiger partial charge in [0.2, 0.25) is 0 Å². The lowest BCUT2D eigenvalue weighted by Crippen LogP contribution is -2.46. The summed E-state index contributed by atoms with van der Waals surface area (Å²) in [5, 5.41) is 3.62. The lowest BCUT2D eigenvalue weighted by atomic mass is 10.2. The molecule has 0 saturated carbocycles. The molecule has 2 fully saturated rings. The van der Waals surface area contributed by atoms with E-state index in [1.54, 1.807) is 12.1 Å². The zero-order valence-electron chi connectivity index (χ0n) is 16.8. The maximum absolute atomic E-state index is 14.9. The van der Waals surface area contributed by atoms with Crippen molar-refractivity contribution in [1.29, 1.82) is 0 Å². The molecule has 10 heteroatoms. The van der Waals surface area contributed by atoms with Crippen molar-refractivity contribution in [2.24, 2.45) is 5.73 Å². The maximum atomic E-state index is 14.9. The number of carbonyl (C=O) groups is 1. The summed E-state index contributed by atoms with van der Waals surface area (Å²) in [7, 11) is 0. The van der Waals surface area contributed by atoms with Gasteiger partial charge in [0.15, 0.2) is 5.11 Å². The number of nitrogens with one attached hydrogen (secondary N) is 1. The predicted molar refractivity (Wildman–Crippen MR) is 125 cm³/mol. The minimum atomic E-state index is -0.515. The molecule has 0 aliphatic carbocycles. The molecule has 2 aromatic rings. The summed E-state index contributed by atoms with van der Waals surface area (Å²) in [6.45, 7) is 3.55. The van der Waals surface area contributed by atoms with Crippen LogP contribution in [0.5, 0.6) is 0 Å². The van der Waals surface area contributed by atoms with Crippen molar-refractivity contribution in [2.45, 2.75) is 6.10 Å². The molecule has 4 rings (SSSR count). The number of amides is 1. The fraction of sp³-hybridized carbons (Fsp3) is 0.333. The number of rotatable bonds is 5. The Hall–Kier alpha value is -2.78. The molecule has 31 heavy (non-hydrogen) atoms. The van der Waals surface area contributed by atoms with Crippen molar-refractivity contribution in [3.8, 4) is 0 Å². The van der Waals surface area contributed by atoms with Gasteiger partial charge in [-0.1, -0.05) is 11.6 Å². The molecule has 0 aromatic heterocycles. The molecule has 1 atom stereocenters. The van der Waals surface area contributed by atoms with Crippen molar-refractivity contribution in [1.82, 2.24) is 5.32 Å². The van der Waals surface area contributed by atoms with Gasteiger partial charge in [0.05, 0.1) is 24.5 Å². The molecule has 2 heterocycles. The molecule has 2 aliphatic heterocycles. The Balaban J connectivity index is 1.38. The zero-order chi connectivity index (χ0) is 22.0. The molecular weight excluding hydrogens is 441 g/mol. The number of thiocarbonyl (C=S) groups is 1. The Kier molecular flexibility index (Phi) is 6.33. The lowest BCUT2D eigenvalue weighted by molar-refractivity contribution is 0.143. The third kappa shape index (κ3) is 4.94. The average molecular weight is 464 g/mol. The summed E-state index contributed by atoms with van der Waals surface area (Å²) < 4.78 is 20.2. The first-order valence-electron chi connectivity index (χ1n) is 9.97. The predicted octanol–water partition coefficient (Wildman–Crippen LogP) is 2.96. The SMILES string of the molecule is NC(=S)NC[C@H]1CN(c2ccc(N3CCN(c4ccc(Cl)cc4)CC3)c(F)c2)C(=O)O1. The highest BCUT2D eigenvalue weighted by atomic mass is 35.5. The van der Waals surface area contributed by atoms with Crippen LogP contribution in [0.25, 0.3) is 0 Å². The fourth-order valence-electron chi connectivity index (χ4n) is 3.83. The Bertz CT molecular complexity index is 969. The highest BCUT2D eigenvalue weighted by molar-refractivity contribution is 7.80. The fourth-order valence-corrected chi connectivity index (χ4v) is 4.04. The Morgan fingerprint density at radius 3 is 2.42 bits per heavy atom. The Morgan fingerprint density at radius 1 is 1.13 bits per heavy atom. The number of hydrogen-bond acceptors (Lipinski definition) is 5. The topological polar surface area (TPSA) is 74.1 Å². The van der Waals surface area contributed by atoms with E-state index in [2.05, 4.69) is 10.2 Å². The van der Waals surface area contributed by atoms with Gasteiger partial charge >= 0.3 is 6.09 Å². The molecule has 2 aromatic carbocycles. The number of piperazine rings is 1. The number of halogens is 2. The second kappa shape index (κ2) is 9.15. The second-order valence-corrected chi connectivity index (χ2v) is 8.32. The molecular formula is C21H23ClFN5O2S. The van der Waals surface area contributed by atoms with Crippen molar-refractivity contribution >= 4 is 52.1 Å². The van der Waals surface area contributed by atoms with E-state index in [1.807, 2.05) is 29.2 Å². The number of cyclic esters (lactones) is 1. The van der Waals surface area contributed by atoms with Gasteiger partial charge in [-0.25, -0.2) is 9.18 Å². The van der Waals surface area contributed by atoms with Gasteiger partial charge in [-0.15, -0.1) is 0 Å². The van der Waals surface area contributed by atoms with Crippen molar-refractivity contribution in [3.63, 3.8) is 0 Å². The van der Waals surface area contributed by atoms with Gasteiger partial charge in [0, 0.05) is 36.9 Å². The molecule has 1 amide bonds. The largest absolute Gasteiger partial charge is 0.442 e. The summed E-state index contributed by atoms with van der Waals surface area (Å²) in [6, 6.07) is 12.6. The normalized spacial score (nSPS) is 18.8. The summed E-state index contributed by atoms with van der Waals surface area (Å²) in [5.74, 6) is -0.366. The summed E-state index contributed by atoms with van der Waals surface area (Å²) in [6.07, 6.45) is -0.920. The van der Waals surface area contributed by atoms with E-state index in [-0.39, 0.29) is 10.9 Å². The highest BCUT2D eigenvalue weighted by Crippen LogP contribution is 2.29. The smallest absolute Gasteiger partial charge is 0.414 e. The quantitative estimate of drug-likeness (QED) is 0.660. The molecule has 0 bridgehead atoms. The van der Waals surface area contributed by atoms with Crippen LogP contribution in [0.3, 0.4) is 0 Å². The minimum absolute atomic E-state index is 0.140. The van der Waals surface area contributed by atoms with E-state index in [0.29, 0.717) is 42.6 Å². The van der Waals surface area contributed by atoms with E-state index < -0.39 is 12.2 Å². The van der Waals surface area contributed by atoms with Crippen LogP contribution >= 0.6 is 23.8 Å². The van der Waals surface area contributed by atoms with Gasteiger partial charge < -0.3 is 25.6 Å². The molecule has 164 valence electrons. The standard InChI is InChI=1S/C21H23ClFN5O2S/c22-14-1-3-15(4-2-14)26-7-9-27(10-8-26)19-6-5-16(11-18(19)23)28-13-17(30-21(28)29)12-25-20(24)31/h1-6,11,17H,7-10,12-13H2,(H3,24,25,31)/t17-/m0/s1. The number of ether oxygens (including phenoxy) is 1. The summed E-state index contributed by atoms with van der Waals surface area (Å²) in [5.41, 5.74) is 7.50. The van der Waals surface area contributed by atoms with Crippen molar-refractivity contribution < 1.29 is 13.9 Å². The van der Waals surface area contributed by atoms with Crippen LogP contribution in [0.1, 0.15) is 0 Å². The Morgan fingerprint density at radius 2 is 1.77 bits per heavy atom. The monoisotopic (exact) mass is 463 g/mol. The van der Waals surface area contributed by atoms with Gasteiger partial charge in [-0.05, 0) is 54.7 Å². The van der Waals surface area contributed by atoms with E-state index in [9.17, 15) is 9.18 Å². The van der Waals surface area contributed by atoms with Crippen LogP contribution in [-0.2, 0) is 4.74 Å². The molecule has 0 spiro atoms. The first kappa shape index (κ1) is 21.5. The number of nitrogens with zero attached hydrogens (tertiary/aromatic N) is 3. The number of anilines is 3. The van der Waals surface area contributed by atoms with Gasteiger partial charge in [-0.3, -0.25) is 4.90 Å². The lowest BCUT2D eigenvalue weighted by Gasteiger charge is -2.37. The van der Waals surface area contributed by atoms with Crippen LogP contribution in [0.2, 0.25) is 5.02 Å². The molecule has 2 aliphatic rings. The number of hydrogen-bond donors (Lipinski definition) is 2. The van der Waals surface area contributed by atoms with E-state index >= 15 is 0 Å². The zero-order valence-corrected chi connectivity index (χ0v) is 18.3. The van der Waals surface area contributed by atoms with Gasteiger partial charge in [0.25, 0.3) is 0 Å². The number of nitrogens with two attached hydrogens (primary N) is 1. The molecule has 0 radical (unpaired) electrons. The van der Waals surface area contributed by atoms with Gasteiger partial charge in [-0.2, -0.15) is 0 Å². The third-order valence-corrected chi connectivity index (χ3v) is 5.83. The summed E-state index contributed by atoms with van der Waals surface area (Å²) >= 11 is 10.7. The maximum Gasteiger partial charge on any atom is 0.414 e.